The molecule has 2 rings (SSSR count). The van der Waals surface area contributed by atoms with Crippen molar-refractivity contribution in [3.63, 3.8) is 0 Å². The van der Waals surface area contributed by atoms with E-state index in [0.29, 0.717) is 12.1 Å². The minimum absolute atomic E-state index is 0.289. The average Bonchev–Trinajstić information content (AvgIpc) is 2.53. The van der Waals surface area contributed by atoms with Crippen LogP contribution in [0.4, 0.5) is 4.39 Å². The van der Waals surface area contributed by atoms with E-state index < -0.39 is 12.0 Å². The first kappa shape index (κ1) is 16.2. The monoisotopic (exact) mass is 301 g/mol. The van der Waals surface area contributed by atoms with E-state index >= 15 is 0 Å². The molecule has 0 spiro atoms. The summed E-state index contributed by atoms with van der Waals surface area (Å²) in [6.45, 7) is 4.26. The first-order valence-corrected chi connectivity index (χ1v) is 7.17. The van der Waals surface area contributed by atoms with Crippen molar-refractivity contribution >= 4 is 5.91 Å². The van der Waals surface area contributed by atoms with E-state index in [1.54, 1.807) is 36.4 Å². The predicted molar refractivity (Wildman–Crippen MR) is 83.8 cm³/mol. The van der Waals surface area contributed by atoms with E-state index in [0.717, 1.165) is 5.56 Å². The highest BCUT2D eigenvalue weighted by molar-refractivity contribution is 5.82. The number of amides is 1. The molecular weight excluding hydrogens is 281 g/mol. The molecule has 4 heteroatoms. The highest BCUT2D eigenvalue weighted by Gasteiger charge is 2.24. The second-order valence-electron chi connectivity index (χ2n) is 5.92. The fourth-order valence-electron chi connectivity index (χ4n) is 2.19. The molecule has 0 saturated heterocycles. The Labute approximate surface area is 129 Å². The van der Waals surface area contributed by atoms with Crippen LogP contribution in [-0.4, -0.2) is 17.6 Å². The normalized spacial score (nSPS) is 12.7. The van der Waals surface area contributed by atoms with Crippen molar-refractivity contribution in [2.75, 3.05) is 6.54 Å². The lowest BCUT2D eigenvalue weighted by molar-refractivity contribution is -0.129. The SMILES string of the molecule is CC(C)(CNC(=O)C(O)c1ccccc1)c1ccc(F)cc1. The molecule has 3 nitrogen and oxygen atoms in total. The summed E-state index contributed by atoms with van der Waals surface area (Å²) in [6.07, 6.45) is -1.19. The molecular formula is C18H20FNO2. The van der Waals surface area contributed by atoms with Crippen LogP contribution in [-0.2, 0) is 10.2 Å². The molecule has 0 heterocycles. The summed E-state index contributed by atoms with van der Waals surface area (Å²) in [4.78, 5) is 12.1. The highest BCUT2D eigenvalue weighted by atomic mass is 19.1. The van der Waals surface area contributed by atoms with E-state index in [4.69, 9.17) is 0 Å². The first-order chi connectivity index (χ1) is 10.4. The van der Waals surface area contributed by atoms with Gasteiger partial charge in [-0.3, -0.25) is 4.79 Å². The Hall–Kier alpha value is -2.20. The predicted octanol–water partition coefficient (Wildman–Crippen LogP) is 2.95. The van der Waals surface area contributed by atoms with E-state index in [2.05, 4.69) is 5.32 Å². The van der Waals surface area contributed by atoms with Gasteiger partial charge in [0.2, 0.25) is 0 Å². The molecule has 0 aliphatic heterocycles. The molecule has 2 N–H and O–H groups in total. The highest BCUT2D eigenvalue weighted by Crippen LogP contribution is 2.23. The van der Waals surface area contributed by atoms with E-state index in [1.807, 2.05) is 19.9 Å². The molecule has 0 saturated carbocycles. The Morgan fingerprint density at radius 2 is 1.73 bits per heavy atom. The fourth-order valence-corrected chi connectivity index (χ4v) is 2.19. The molecule has 1 amide bonds. The van der Waals surface area contributed by atoms with E-state index in [1.165, 1.54) is 12.1 Å². The van der Waals surface area contributed by atoms with Gasteiger partial charge in [0.25, 0.3) is 5.91 Å². The molecule has 0 bridgehead atoms. The summed E-state index contributed by atoms with van der Waals surface area (Å²) in [5.74, 6) is -0.732. The minimum atomic E-state index is -1.19. The first-order valence-electron chi connectivity index (χ1n) is 7.17. The van der Waals surface area contributed by atoms with Crippen LogP contribution in [0, 0.1) is 5.82 Å². The third-order valence-electron chi connectivity index (χ3n) is 3.69. The van der Waals surface area contributed by atoms with Crippen LogP contribution < -0.4 is 5.32 Å². The quantitative estimate of drug-likeness (QED) is 0.892. The van der Waals surface area contributed by atoms with Crippen molar-refractivity contribution in [1.82, 2.24) is 5.32 Å². The second kappa shape index (κ2) is 6.71. The van der Waals surface area contributed by atoms with Gasteiger partial charge in [-0.05, 0) is 23.3 Å². The van der Waals surface area contributed by atoms with Gasteiger partial charge in [0, 0.05) is 12.0 Å². The van der Waals surface area contributed by atoms with Crippen LogP contribution in [0.1, 0.15) is 31.1 Å². The van der Waals surface area contributed by atoms with Crippen LogP contribution >= 0.6 is 0 Å². The number of carbonyl (C=O) groups excluding carboxylic acids is 1. The maximum Gasteiger partial charge on any atom is 0.253 e. The summed E-state index contributed by atoms with van der Waals surface area (Å²) >= 11 is 0. The van der Waals surface area contributed by atoms with Crippen molar-refractivity contribution in [2.24, 2.45) is 0 Å². The van der Waals surface area contributed by atoms with Gasteiger partial charge in [0.1, 0.15) is 5.82 Å². The summed E-state index contributed by atoms with van der Waals surface area (Å²) in [6, 6.07) is 15.0. The van der Waals surface area contributed by atoms with Gasteiger partial charge in [0.15, 0.2) is 6.10 Å². The zero-order chi connectivity index (χ0) is 16.2. The topological polar surface area (TPSA) is 49.3 Å². The average molecular weight is 301 g/mol. The lowest BCUT2D eigenvalue weighted by Gasteiger charge is -2.26. The summed E-state index contributed by atoms with van der Waals surface area (Å²) in [5.41, 5.74) is 1.11. The molecule has 1 atom stereocenters. The number of carbonyl (C=O) groups is 1. The number of aliphatic hydroxyl groups excluding tert-OH is 1. The number of benzene rings is 2. The summed E-state index contributed by atoms with van der Waals surface area (Å²) < 4.78 is 13.0. The maximum absolute atomic E-state index is 13.0. The summed E-state index contributed by atoms with van der Waals surface area (Å²) in [5, 5.41) is 12.8. The number of rotatable bonds is 5. The lowest BCUT2D eigenvalue weighted by atomic mass is 9.84. The Morgan fingerprint density at radius 3 is 2.32 bits per heavy atom. The molecule has 0 fully saturated rings. The minimum Gasteiger partial charge on any atom is -0.378 e. The van der Waals surface area contributed by atoms with Crippen LogP contribution in [0.25, 0.3) is 0 Å². The number of hydrogen-bond acceptors (Lipinski definition) is 2. The van der Waals surface area contributed by atoms with Gasteiger partial charge in [-0.25, -0.2) is 4.39 Å². The van der Waals surface area contributed by atoms with Crippen molar-refractivity contribution in [2.45, 2.75) is 25.4 Å². The molecule has 0 aliphatic carbocycles. The van der Waals surface area contributed by atoms with E-state index in [9.17, 15) is 14.3 Å². The molecule has 0 radical (unpaired) electrons. The van der Waals surface area contributed by atoms with Gasteiger partial charge in [0.05, 0.1) is 0 Å². The van der Waals surface area contributed by atoms with E-state index in [-0.39, 0.29) is 11.2 Å². The molecule has 0 aromatic heterocycles. The van der Waals surface area contributed by atoms with Gasteiger partial charge >= 0.3 is 0 Å². The third kappa shape index (κ3) is 3.92. The van der Waals surface area contributed by atoms with Gasteiger partial charge in [-0.2, -0.15) is 0 Å². The fraction of sp³-hybridized carbons (Fsp3) is 0.278. The Morgan fingerprint density at radius 1 is 1.14 bits per heavy atom. The molecule has 116 valence electrons. The summed E-state index contributed by atoms with van der Waals surface area (Å²) in [7, 11) is 0. The van der Waals surface area contributed by atoms with Crippen LogP contribution in [0.5, 0.6) is 0 Å². The van der Waals surface area contributed by atoms with Crippen LogP contribution in [0.3, 0.4) is 0 Å². The van der Waals surface area contributed by atoms with Crippen molar-refractivity contribution in [3.8, 4) is 0 Å². The maximum atomic E-state index is 13.0. The Bertz CT molecular complexity index is 623. The van der Waals surface area contributed by atoms with Gasteiger partial charge in [-0.1, -0.05) is 56.3 Å². The number of aliphatic hydroxyl groups is 1. The number of hydrogen-bond donors (Lipinski definition) is 2. The zero-order valence-corrected chi connectivity index (χ0v) is 12.7. The van der Waals surface area contributed by atoms with Crippen LogP contribution in [0.15, 0.2) is 54.6 Å². The number of nitrogens with one attached hydrogen (secondary N) is 1. The van der Waals surface area contributed by atoms with Crippen LogP contribution in [0.2, 0.25) is 0 Å². The molecule has 2 aromatic rings. The van der Waals surface area contributed by atoms with Crippen molar-refractivity contribution < 1.29 is 14.3 Å². The van der Waals surface area contributed by atoms with Gasteiger partial charge < -0.3 is 10.4 Å². The molecule has 0 aliphatic rings. The zero-order valence-electron chi connectivity index (χ0n) is 12.7. The second-order valence-corrected chi connectivity index (χ2v) is 5.92. The van der Waals surface area contributed by atoms with Crippen molar-refractivity contribution in [3.05, 3.63) is 71.5 Å². The Balaban J connectivity index is 1.99. The Kier molecular flexibility index (Phi) is 4.93. The van der Waals surface area contributed by atoms with Crippen molar-refractivity contribution in [1.29, 1.82) is 0 Å². The standard InChI is InChI=1S/C18H20FNO2/c1-18(2,14-8-10-15(19)11-9-14)12-20-17(22)16(21)13-6-4-3-5-7-13/h3-11,16,21H,12H2,1-2H3,(H,20,22). The van der Waals surface area contributed by atoms with Gasteiger partial charge in [-0.15, -0.1) is 0 Å². The largest absolute Gasteiger partial charge is 0.378 e. The number of halogens is 1. The third-order valence-corrected chi connectivity index (χ3v) is 3.69. The molecule has 2 aromatic carbocycles. The lowest BCUT2D eigenvalue weighted by Crippen LogP contribution is -2.39. The molecule has 22 heavy (non-hydrogen) atoms. The molecule has 1 unspecified atom stereocenters. The smallest absolute Gasteiger partial charge is 0.253 e.